The number of aromatic nitrogens is 2. The molecule has 2 heterocycles. The molecular weight excluding hydrogens is 250 g/mol. The largest absolute Gasteiger partial charge is 0.387 e. The molecule has 0 aliphatic carbocycles. The molecule has 1 aromatic heterocycles. The number of nitrogens with zero attached hydrogens (tertiary/aromatic N) is 3. The van der Waals surface area contributed by atoms with Crippen molar-refractivity contribution in [2.24, 2.45) is 13.0 Å². The number of fused-ring (bicyclic) bond motifs is 1. The lowest BCUT2D eigenvalue weighted by molar-refractivity contribution is 0.0876. The molecule has 0 saturated carbocycles. The van der Waals surface area contributed by atoms with Gasteiger partial charge in [-0.05, 0) is 43.0 Å². The van der Waals surface area contributed by atoms with Crippen molar-refractivity contribution in [2.45, 2.75) is 25.9 Å². The van der Waals surface area contributed by atoms with Crippen LogP contribution in [0.5, 0.6) is 0 Å². The minimum Gasteiger partial charge on any atom is -0.387 e. The summed E-state index contributed by atoms with van der Waals surface area (Å²) in [4.78, 5) is 6.73. The molecule has 0 radical (unpaired) electrons. The van der Waals surface area contributed by atoms with Crippen LogP contribution in [0.15, 0.2) is 24.5 Å². The van der Waals surface area contributed by atoms with Gasteiger partial charge in [-0.2, -0.15) is 0 Å². The van der Waals surface area contributed by atoms with Gasteiger partial charge in [0, 0.05) is 20.1 Å². The van der Waals surface area contributed by atoms with E-state index < -0.39 is 6.10 Å². The van der Waals surface area contributed by atoms with Crippen molar-refractivity contribution < 1.29 is 5.11 Å². The number of aryl methyl sites for hydroxylation is 1. The summed E-state index contributed by atoms with van der Waals surface area (Å²) >= 11 is 0. The highest BCUT2D eigenvalue weighted by molar-refractivity contribution is 5.76. The molecular formula is C16H23N3O. The highest BCUT2D eigenvalue weighted by Crippen LogP contribution is 2.22. The Kier molecular flexibility index (Phi) is 3.76. The Morgan fingerprint density at radius 3 is 3.10 bits per heavy atom. The second-order valence-corrected chi connectivity index (χ2v) is 6.13. The number of hydrogen-bond acceptors (Lipinski definition) is 3. The van der Waals surface area contributed by atoms with Gasteiger partial charge in [-0.3, -0.25) is 0 Å². The maximum atomic E-state index is 10.4. The zero-order valence-electron chi connectivity index (χ0n) is 12.3. The number of piperidine rings is 1. The quantitative estimate of drug-likeness (QED) is 0.933. The van der Waals surface area contributed by atoms with Crippen LogP contribution < -0.4 is 0 Å². The van der Waals surface area contributed by atoms with Crippen LogP contribution in [-0.2, 0) is 7.05 Å². The summed E-state index contributed by atoms with van der Waals surface area (Å²) in [5.41, 5.74) is 3.03. The van der Waals surface area contributed by atoms with Crippen LogP contribution in [0.2, 0.25) is 0 Å². The smallest absolute Gasteiger partial charge is 0.0955 e. The average Bonchev–Trinajstić information content (AvgIpc) is 2.80. The van der Waals surface area contributed by atoms with Crippen molar-refractivity contribution in [3.8, 4) is 0 Å². The first kappa shape index (κ1) is 13.6. The number of benzene rings is 1. The Morgan fingerprint density at radius 1 is 1.45 bits per heavy atom. The zero-order chi connectivity index (χ0) is 14.1. The van der Waals surface area contributed by atoms with Crippen molar-refractivity contribution in [3.63, 3.8) is 0 Å². The molecule has 1 aliphatic rings. The number of aliphatic hydroxyl groups is 1. The maximum Gasteiger partial charge on any atom is 0.0955 e. The van der Waals surface area contributed by atoms with E-state index in [2.05, 4.69) is 16.8 Å². The third kappa shape index (κ3) is 2.72. The molecule has 2 aromatic rings. The van der Waals surface area contributed by atoms with Crippen LogP contribution in [0.25, 0.3) is 11.0 Å². The Morgan fingerprint density at radius 2 is 2.30 bits per heavy atom. The Balaban J connectivity index is 1.73. The van der Waals surface area contributed by atoms with E-state index >= 15 is 0 Å². The molecule has 2 atom stereocenters. The van der Waals surface area contributed by atoms with E-state index in [0.717, 1.165) is 42.1 Å². The van der Waals surface area contributed by atoms with Crippen molar-refractivity contribution >= 4 is 11.0 Å². The molecule has 108 valence electrons. The molecule has 4 heteroatoms. The van der Waals surface area contributed by atoms with Crippen LogP contribution >= 0.6 is 0 Å². The summed E-state index contributed by atoms with van der Waals surface area (Å²) in [6.45, 7) is 5.22. The average molecular weight is 273 g/mol. The lowest BCUT2D eigenvalue weighted by atomic mass is 9.99. The molecule has 1 aromatic carbocycles. The van der Waals surface area contributed by atoms with Gasteiger partial charge < -0.3 is 14.6 Å². The van der Waals surface area contributed by atoms with E-state index in [9.17, 15) is 5.11 Å². The summed E-state index contributed by atoms with van der Waals surface area (Å²) in [6.07, 6.45) is 3.94. The van der Waals surface area contributed by atoms with Gasteiger partial charge in [0.1, 0.15) is 0 Å². The second-order valence-electron chi connectivity index (χ2n) is 6.13. The topological polar surface area (TPSA) is 41.3 Å². The van der Waals surface area contributed by atoms with Crippen LogP contribution in [0.1, 0.15) is 31.4 Å². The Labute approximate surface area is 120 Å². The predicted molar refractivity (Wildman–Crippen MR) is 80.5 cm³/mol. The van der Waals surface area contributed by atoms with Crippen LogP contribution in [0.4, 0.5) is 0 Å². The van der Waals surface area contributed by atoms with Gasteiger partial charge in [0.05, 0.1) is 23.5 Å². The number of aliphatic hydroxyl groups excluding tert-OH is 1. The van der Waals surface area contributed by atoms with E-state index in [0.29, 0.717) is 0 Å². The predicted octanol–water partition coefficient (Wildman–Crippen LogP) is 2.34. The molecule has 3 rings (SSSR count). The second kappa shape index (κ2) is 5.54. The first-order valence-electron chi connectivity index (χ1n) is 7.45. The lowest BCUT2D eigenvalue weighted by Crippen LogP contribution is -2.37. The molecule has 1 saturated heterocycles. The van der Waals surface area contributed by atoms with Crippen molar-refractivity contribution in [1.82, 2.24) is 14.5 Å². The Hall–Kier alpha value is -1.39. The standard InChI is InChI=1S/C16H23N3O/c1-12-4-3-7-19(9-12)10-16(20)13-5-6-15-14(8-13)17-11-18(15)2/h5-6,8,11-12,16,20H,3-4,7,9-10H2,1-2H3. The SMILES string of the molecule is CC1CCCN(CC(O)c2ccc3c(c2)ncn3C)C1. The summed E-state index contributed by atoms with van der Waals surface area (Å²) in [5, 5.41) is 10.4. The summed E-state index contributed by atoms with van der Waals surface area (Å²) in [7, 11) is 1.99. The first-order chi connectivity index (χ1) is 9.63. The number of rotatable bonds is 3. The lowest BCUT2D eigenvalue weighted by Gasteiger charge is -2.32. The van der Waals surface area contributed by atoms with Crippen molar-refractivity contribution in [3.05, 3.63) is 30.1 Å². The Bertz CT molecular complexity index is 592. The highest BCUT2D eigenvalue weighted by Gasteiger charge is 2.20. The molecule has 2 unspecified atom stereocenters. The van der Waals surface area contributed by atoms with E-state index in [-0.39, 0.29) is 0 Å². The molecule has 1 aliphatic heterocycles. The van der Waals surface area contributed by atoms with Gasteiger partial charge in [-0.25, -0.2) is 4.98 Å². The van der Waals surface area contributed by atoms with E-state index in [1.165, 1.54) is 12.8 Å². The molecule has 20 heavy (non-hydrogen) atoms. The summed E-state index contributed by atoms with van der Waals surface area (Å²) < 4.78 is 2.00. The number of β-amino-alcohol motifs (C(OH)–C–C–N with tert-alkyl or cyclic N) is 1. The first-order valence-corrected chi connectivity index (χ1v) is 7.45. The van der Waals surface area contributed by atoms with E-state index in [4.69, 9.17) is 0 Å². The fourth-order valence-electron chi connectivity index (χ4n) is 3.16. The van der Waals surface area contributed by atoms with Gasteiger partial charge in [-0.1, -0.05) is 13.0 Å². The van der Waals surface area contributed by atoms with E-state index in [1.807, 2.05) is 36.1 Å². The van der Waals surface area contributed by atoms with E-state index in [1.54, 1.807) is 0 Å². The fourth-order valence-corrected chi connectivity index (χ4v) is 3.16. The van der Waals surface area contributed by atoms with Gasteiger partial charge in [-0.15, -0.1) is 0 Å². The number of likely N-dealkylation sites (tertiary alicyclic amines) is 1. The molecule has 4 nitrogen and oxygen atoms in total. The maximum absolute atomic E-state index is 10.4. The van der Waals surface area contributed by atoms with Crippen molar-refractivity contribution in [1.29, 1.82) is 0 Å². The molecule has 1 N–H and O–H groups in total. The fraction of sp³-hybridized carbons (Fsp3) is 0.562. The summed E-state index contributed by atoms with van der Waals surface area (Å²) in [5.74, 6) is 0.745. The van der Waals surface area contributed by atoms with Gasteiger partial charge in [0.15, 0.2) is 0 Å². The number of imidazole rings is 1. The highest BCUT2D eigenvalue weighted by atomic mass is 16.3. The molecule has 0 bridgehead atoms. The van der Waals surface area contributed by atoms with Gasteiger partial charge >= 0.3 is 0 Å². The summed E-state index contributed by atoms with van der Waals surface area (Å²) in [6, 6.07) is 6.06. The number of hydrogen-bond donors (Lipinski definition) is 1. The van der Waals surface area contributed by atoms with Crippen LogP contribution in [-0.4, -0.2) is 39.2 Å². The third-order valence-corrected chi connectivity index (χ3v) is 4.31. The van der Waals surface area contributed by atoms with Crippen molar-refractivity contribution in [2.75, 3.05) is 19.6 Å². The minimum absolute atomic E-state index is 0.424. The zero-order valence-corrected chi connectivity index (χ0v) is 12.3. The molecule has 0 amide bonds. The molecule has 0 spiro atoms. The van der Waals surface area contributed by atoms with Gasteiger partial charge in [0.25, 0.3) is 0 Å². The monoisotopic (exact) mass is 273 g/mol. The normalized spacial score (nSPS) is 22.2. The minimum atomic E-state index is -0.424. The van der Waals surface area contributed by atoms with Crippen LogP contribution in [0.3, 0.4) is 0 Å². The molecule has 1 fully saturated rings. The third-order valence-electron chi connectivity index (χ3n) is 4.31. The van der Waals surface area contributed by atoms with Gasteiger partial charge in [0.2, 0.25) is 0 Å². The van der Waals surface area contributed by atoms with Crippen LogP contribution in [0, 0.1) is 5.92 Å².